The van der Waals surface area contributed by atoms with Crippen LogP contribution in [0.25, 0.3) is 16.6 Å². The predicted molar refractivity (Wildman–Crippen MR) is 114 cm³/mol. The monoisotopic (exact) mass is 406 g/mol. The molecule has 4 heterocycles. The molecule has 0 unspecified atom stereocenters. The fraction of sp³-hybridized carbons (Fsp3) is 0.409. The molecule has 0 amide bonds. The molecule has 3 N–H and O–H groups in total. The first-order valence-electron chi connectivity index (χ1n) is 9.92. The lowest BCUT2D eigenvalue weighted by molar-refractivity contribution is 0.0283. The van der Waals surface area contributed by atoms with Crippen molar-refractivity contribution in [1.29, 1.82) is 5.26 Å². The molecule has 1 saturated heterocycles. The third-order valence-electron chi connectivity index (χ3n) is 5.19. The Morgan fingerprint density at radius 2 is 2.17 bits per heavy atom. The molecule has 0 bridgehead atoms. The summed E-state index contributed by atoms with van der Waals surface area (Å²) in [5, 5.41) is 23.8. The molecule has 30 heavy (non-hydrogen) atoms. The molecule has 8 nitrogen and oxygen atoms in total. The van der Waals surface area contributed by atoms with Crippen LogP contribution in [-0.2, 0) is 0 Å². The van der Waals surface area contributed by atoms with E-state index in [1.165, 1.54) is 6.20 Å². The lowest BCUT2D eigenvalue weighted by atomic mass is 10.0. The molecule has 0 saturated carbocycles. The van der Waals surface area contributed by atoms with Gasteiger partial charge in [-0.2, -0.15) is 10.4 Å². The molecule has 1 aliphatic rings. The van der Waals surface area contributed by atoms with E-state index in [0.29, 0.717) is 16.8 Å². The molecule has 0 aromatic carbocycles. The van der Waals surface area contributed by atoms with Gasteiger partial charge in [-0.15, -0.1) is 0 Å². The minimum absolute atomic E-state index is 0.133. The Kier molecular flexibility index (Phi) is 4.88. The number of nitriles is 1. The lowest BCUT2D eigenvalue weighted by Crippen LogP contribution is -2.39. The fourth-order valence-corrected chi connectivity index (χ4v) is 3.65. The predicted octanol–water partition coefficient (Wildman–Crippen LogP) is 2.35. The number of anilines is 1. The number of aromatic nitrogens is 3. The zero-order chi connectivity index (χ0) is 21.5. The van der Waals surface area contributed by atoms with Crippen LogP contribution in [0.1, 0.15) is 32.8 Å². The highest BCUT2D eigenvalue weighted by Gasteiger charge is 2.30. The maximum absolute atomic E-state index is 9.98. The number of hydrogen-bond donors (Lipinski definition) is 2. The molecule has 1 fully saturated rings. The smallest absolute Gasteiger partial charge is 0.138 e. The molecule has 3 aromatic heterocycles. The molecular formula is C22H26N6O2. The van der Waals surface area contributed by atoms with E-state index in [9.17, 15) is 10.4 Å². The Morgan fingerprint density at radius 3 is 2.77 bits per heavy atom. The van der Waals surface area contributed by atoms with Crippen LogP contribution in [0.5, 0.6) is 5.75 Å². The van der Waals surface area contributed by atoms with Crippen molar-refractivity contribution in [2.75, 3.05) is 24.6 Å². The van der Waals surface area contributed by atoms with Gasteiger partial charge in [0.15, 0.2) is 0 Å². The minimum atomic E-state index is -0.965. The first kappa shape index (κ1) is 20.1. The van der Waals surface area contributed by atoms with Gasteiger partial charge in [-0.05, 0) is 45.4 Å². The van der Waals surface area contributed by atoms with E-state index >= 15 is 0 Å². The Bertz CT molecular complexity index is 1110. The summed E-state index contributed by atoms with van der Waals surface area (Å²) in [5.41, 5.74) is 7.89. The third-order valence-corrected chi connectivity index (χ3v) is 5.19. The van der Waals surface area contributed by atoms with E-state index in [-0.39, 0.29) is 12.1 Å². The zero-order valence-corrected chi connectivity index (χ0v) is 17.5. The van der Waals surface area contributed by atoms with Crippen LogP contribution in [0, 0.1) is 11.3 Å². The van der Waals surface area contributed by atoms with Crippen molar-refractivity contribution in [2.24, 2.45) is 5.73 Å². The summed E-state index contributed by atoms with van der Waals surface area (Å²) in [6.07, 6.45) is 5.97. The average Bonchev–Trinajstić information content (AvgIpc) is 3.28. The molecule has 8 heteroatoms. The summed E-state index contributed by atoms with van der Waals surface area (Å²) in [7, 11) is 0. The SMILES string of the molecule is CC(C)(O)COc1cc(-c2ccc(N3CC[C@@](C)(N)C3)nc2)c2c(C#N)cnn2c1. The normalized spacial score (nSPS) is 19.3. The highest BCUT2D eigenvalue weighted by atomic mass is 16.5. The van der Waals surface area contributed by atoms with Crippen molar-refractivity contribution in [3.63, 3.8) is 0 Å². The summed E-state index contributed by atoms with van der Waals surface area (Å²) in [4.78, 5) is 6.82. The lowest BCUT2D eigenvalue weighted by Gasteiger charge is -2.21. The van der Waals surface area contributed by atoms with Crippen LogP contribution in [0.4, 0.5) is 5.82 Å². The van der Waals surface area contributed by atoms with E-state index in [1.807, 2.05) is 18.2 Å². The van der Waals surface area contributed by atoms with Gasteiger partial charge >= 0.3 is 0 Å². The first-order chi connectivity index (χ1) is 14.1. The minimum Gasteiger partial charge on any atom is -0.489 e. The number of fused-ring (bicyclic) bond motifs is 1. The Morgan fingerprint density at radius 1 is 1.37 bits per heavy atom. The zero-order valence-electron chi connectivity index (χ0n) is 17.5. The summed E-state index contributed by atoms with van der Waals surface area (Å²) in [6, 6.07) is 8.00. The van der Waals surface area contributed by atoms with Crippen molar-refractivity contribution in [2.45, 2.75) is 38.3 Å². The summed E-state index contributed by atoms with van der Waals surface area (Å²) in [5.74, 6) is 1.43. The van der Waals surface area contributed by atoms with Crippen molar-refractivity contribution >= 4 is 11.3 Å². The maximum Gasteiger partial charge on any atom is 0.138 e. The Labute approximate surface area is 175 Å². The number of aliphatic hydroxyl groups is 1. The number of hydrogen-bond acceptors (Lipinski definition) is 7. The van der Waals surface area contributed by atoms with Gasteiger partial charge in [0.05, 0.1) is 29.1 Å². The van der Waals surface area contributed by atoms with Crippen LogP contribution in [-0.4, -0.2) is 50.5 Å². The van der Waals surface area contributed by atoms with Gasteiger partial charge in [-0.3, -0.25) is 0 Å². The maximum atomic E-state index is 9.98. The largest absolute Gasteiger partial charge is 0.489 e. The molecule has 0 aliphatic carbocycles. The van der Waals surface area contributed by atoms with E-state index in [0.717, 1.165) is 36.5 Å². The van der Waals surface area contributed by atoms with Crippen LogP contribution in [0.3, 0.4) is 0 Å². The van der Waals surface area contributed by atoms with Gasteiger partial charge in [0.25, 0.3) is 0 Å². The van der Waals surface area contributed by atoms with Gasteiger partial charge in [-0.25, -0.2) is 9.50 Å². The molecule has 0 radical (unpaired) electrons. The van der Waals surface area contributed by atoms with E-state index < -0.39 is 5.60 Å². The quantitative estimate of drug-likeness (QED) is 0.669. The number of rotatable bonds is 5. The van der Waals surface area contributed by atoms with E-state index in [4.69, 9.17) is 10.5 Å². The molecule has 156 valence electrons. The van der Waals surface area contributed by atoms with Gasteiger partial charge in [-0.1, -0.05) is 0 Å². The van der Waals surface area contributed by atoms with E-state index in [2.05, 4.69) is 28.0 Å². The van der Waals surface area contributed by atoms with Crippen LogP contribution < -0.4 is 15.4 Å². The highest BCUT2D eigenvalue weighted by molar-refractivity contribution is 5.85. The van der Waals surface area contributed by atoms with Gasteiger partial charge in [0.2, 0.25) is 0 Å². The molecule has 3 aromatic rings. The second kappa shape index (κ2) is 7.27. The van der Waals surface area contributed by atoms with Crippen LogP contribution >= 0.6 is 0 Å². The van der Waals surface area contributed by atoms with Crippen molar-refractivity contribution in [3.8, 4) is 22.9 Å². The van der Waals surface area contributed by atoms with Crippen LogP contribution in [0.2, 0.25) is 0 Å². The second-order valence-corrected chi connectivity index (χ2v) is 8.88. The Balaban J connectivity index is 1.71. The topological polar surface area (TPSA) is 113 Å². The fourth-order valence-electron chi connectivity index (χ4n) is 3.65. The standard InChI is InChI=1S/C22H26N6O2/c1-21(2,29)14-30-17-8-18(20-16(9-23)11-26-28(20)12-17)15-4-5-19(25-10-15)27-7-6-22(3,24)13-27/h4-5,8,10-12,29H,6-7,13-14,24H2,1-3H3/t22-/m1/s1. The number of ether oxygens (including phenoxy) is 1. The molecule has 0 spiro atoms. The number of nitrogens with zero attached hydrogens (tertiary/aromatic N) is 5. The molecule has 1 atom stereocenters. The Hall–Kier alpha value is -3.15. The third kappa shape index (κ3) is 4.08. The van der Waals surface area contributed by atoms with Gasteiger partial charge < -0.3 is 20.5 Å². The summed E-state index contributed by atoms with van der Waals surface area (Å²) < 4.78 is 7.40. The van der Waals surface area contributed by atoms with Crippen molar-refractivity contribution in [1.82, 2.24) is 14.6 Å². The van der Waals surface area contributed by atoms with Crippen molar-refractivity contribution < 1.29 is 9.84 Å². The molecule has 4 rings (SSSR count). The van der Waals surface area contributed by atoms with E-state index in [1.54, 1.807) is 30.8 Å². The van der Waals surface area contributed by atoms with Crippen molar-refractivity contribution in [3.05, 3.63) is 42.4 Å². The summed E-state index contributed by atoms with van der Waals surface area (Å²) >= 11 is 0. The highest BCUT2D eigenvalue weighted by Crippen LogP contribution is 2.32. The second-order valence-electron chi connectivity index (χ2n) is 8.88. The van der Waals surface area contributed by atoms with Crippen LogP contribution in [0.15, 0.2) is 36.8 Å². The molecular weight excluding hydrogens is 380 g/mol. The number of pyridine rings is 2. The van der Waals surface area contributed by atoms with Gasteiger partial charge in [0.1, 0.15) is 24.2 Å². The molecule has 1 aliphatic heterocycles. The van der Waals surface area contributed by atoms with Gasteiger partial charge in [0, 0.05) is 36.0 Å². The summed E-state index contributed by atoms with van der Waals surface area (Å²) in [6.45, 7) is 7.20. The average molecular weight is 406 g/mol. The first-order valence-corrected chi connectivity index (χ1v) is 9.92. The number of nitrogens with two attached hydrogens (primary N) is 1.